The van der Waals surface area contributed by atoms with Gasteiger partial charge in [0.15, 0.2) is 5.78 Å². The average molecular weight is 313 g/mol. The Morgan fingerprint density at radius 3 is 2.24 bits per heavy atom. The molecule has 0 aliphatic heterocycles. The van der Waals surface area contributed by atoms with Crippen LogP contribution in [0.2, 0.25) is 0 Å². The number of ketones is 1. The Morgan fingerprint density at radius 1 is 1.24 bits per heavy atom. The fourth-order valence-corrected chi connectivity index (χ4v) is 3.59. The summed E-state index contributed by atoms with van der Waals surface area (Å²) < 4.78 is 26.2. The smallest absolute Gasteiger partial charge is 0.318 e. The van der Waals surface area contributed by atoms with Gasteiger partial charge in [0.2, 0.25) is 10.0 Å². The number of carboxylic acids is 1. The molecule has 0 atom stereocenters. The van der Waals surface area contributed by atoms with Gasteiger partial charge in [0.25, 0.3) is 0 Å². The van der Waals surface area contributed by atoms with E-state index in [0.717, 1.165) is 4.31 Å². The Bertz CT molecular complexity index is 658. The summed E-state index contributed by atoms with van der Waals surface area (Å²) in [5.74, 6) is -1.50. The first-order chi connectivity index (χ1) is 9.46. The normalized spacial score (nSPS) is 12.4. The van der Waals surface area contributed by atoms with Crippen molar-refractivity contribution in [2.75, 3.05) is 6.54 Å². The quantitative estimate of drug-likeness (QED) is 0.836. The predicted octanol–water partition coefficient (Wildman–Crippen LogP) is 1.76. The molecule has 21 heavy (non-hydrogen) atoms. The van der Waals surface area contributed by atoms with Gasteiger partial charge in [-0.25, -0.2) is 8.42 Å². The lowest BCUT2D eigenvalue weighted by molar-refractivity contribution is -0.138. The fourth-order valence-electron chi connectivity index (χ4n) is 1.81. The highest BCUT2D eigenvalue weighted by Gasteiger charge is 2.35. The van der Waals surface area contributed by atoms with Gasteiger partial charge in [0.1, 0.15) is 6.54 Å². The van der Waals surface area contributed by atoms with Crippen molar-refractivity contribution in [3.05, 3.63) is 29.8 Å². The third-order valence-corrected chi connectivity index (χ3v) is 4.96. The van der Waals surface area contributed by atoms with Gasteiger partial charge in [-0.2, -0.15) is 4.31 Å². The first kappa shape index (κ1) is 17.3. The van der Waals surface area contributed by atoms with Gasteiger partial charge in [0.05, 0.1) is 4.90 Å². The molecule has 1 aromatic carbocycles. The maximum atomic E-state index is 12.6. The lowest BCUT2D eigenvalue weighted by Crippen LogP contribution is -2.48. The number of hydrogen-bond acceptors (Lipinski definition) is 4. The number of carbonyl (C=O) groups excluding carboxylic acids is 1. The van der Waals surface area contributed by atoms with E-state index in [0.29, 0.717) is 0 Å². The number of sulfonamides is 1. The molecular weight excluding hydrogens is 294 g/mol. The van der Waals surface area contributed by atoms with E-state index >= 15 is 0 Å². The molecule has 7 heteroatoms. The van der Waals surface area contributed by atoms with E-state index in [1.54, 1.807) is 20.8 Å². The molecule has 0 radical (unpaired) electrons. The number of rotatable bonds is 5. The molecule has 0 saturated heterocycles. The van der Waals surface area contributed by atoms with Crippen molar-refractivity contribution >= 4 is 21.8 Å². The number of carbonyl (C=O) groups is 2. The van der Waals surface area contributed by atoms with Gasteiger partial charge in [-0.15, -0.1) is 0 Å². The van der Waals surface area contributed by atoms with Gasteiger partial charge < -0.3 is 5.11 Å². The van der Waals surface area contributed by atoms with Crippen molar-refractivity contribution in [3.63, 3.8) is 0 Å². The van der Waals surface area contributed by atoms with Crippen LogP contribution in [0, 0.1) is 0 Å². The monoisotopic (exact) mass is 313 g/mol. The summed E-state index contributed by atoms with van der Waals surface area (Å²) in [5, 5.41) is 8.94. The first-order valence-electron chi connectivity index (χ1n) is 6.32. The summed E-state index contributed by atoms with van der Waals surface area (Å²) in [6.45, 7) is 5.54. The largest absolute Gasteiger partial charge is 0.480 e. The first-order valence-corrected chi connectivity index (χ1v) is 7.76. The second-order valence-electron chi connectivity index (χ2n) is 5.66. The summed E-state index contributed by atoms with van der Waals surface area (Å²) in [6.07, 6.45) is 0. The Morgan fingerprint density at radius 2 is 1.81 bits per heavy atom. The summed E-state index contributed by atoms with van der Waals surface area (Å²) >= 11 is 0. The molecule has 0 saturated carbocycles. The van der Waals surface area contributed by atoms with Crippen molar-refractivity contribution in [2.45, 2.75) is 38.1 Å². The van der Waals surface area contributed by atoms with Crippen molar-refractivity contribution in [1.29, 1.82) is 0 Å². The van der Waals surface area contributed by atoms with Gasteiger partial charge in [-0.3, -0.25) is 9.59 Å². The van der Waals surface area contributed by atoms with E-state index in [1.165, 1.54) is 31.2 Å². The minimum Gasteiger partial charge on any atom is -0.480 e. The van der Waals surface area contributed by atoms with Crippen LogP contribution in [-0.4, -0.2) is 41.7 Å². The zero-order valence-corrected chi connectivity index (χ0v) is 13.3. The van der Waals surface area contributed by atoms with Crippen LogP contribution in [0.15, 0.2) is 29.2 Å². The minimum atomic E-state index is -4.01. The highest BCUT2D eigenvalue weighted by Crippen LogP contribution is 2.24. The van der Waals surface area contributed by atoms with Gasteiger partial charge in [-0.1, -0.05) is 12.1 Å². The molecule has 0 spiro atoms. The van der Waals surface area contributed by atoms with E-state index in [1.807, 2.05) is 0 Å². The molecule has 0 fully saturated rings. The number of nitrogens with zero attached hydrogens (tertiary/aromatic N) is 1. The molecule has 0 unspecified atom stereocenters. The lowest BCUT2D eigenvalue weighted by Gasteiger charge is -2.33. The Kier molecular flexibility index (Phi) is 4.91. The summed E-state index contributed by atoms with van der Waals surface area (Å²) in [5.41, 5.74) is -0.635. The topological polar surface area (TPSA) is 91.8 Å². The second-order valence-corrected chi connectivity index (χ2v) is 7.52. The molecule has 1 rings (SSSR count). The van der Waals surface area contributed by atoms with Gasteiger partial charge in [-0.05, 0) is 39.8 Å². The molecule has 0 aliphatic rings. The summed E-state index contributed by atoms with van der Waals surface area (Å²) in [4.78, 5) is 22.2. The SMILES string of the molecule is CC(=O)c1cccc(S(=O)(=O)N(CC(=O)O)C(C)(C)C)c1. The van der Waals surface area contributed by atoms with Crippen molar-refractivity contribution < 1.29 is 23.1 Å². The molecule has 0 bridgehead atoms. The van der Waals surface area contributed by atoms with Crippen LogP contribution < -0.4 is 0 Å². The molecule has 1 N–H and O–H groups in total. The van der Waals surface area contributed by atoms with E-state index < -0.39 is 28.1 Å². The molecular formula is C14H19NO5S. The highest BCUT2D eigenvalue weighted by molar-refractivity contribution is 7.89. The van der Waals surface area contributed by atoms with E-state index in [-0.39, 0.29) is 16.2 Å². The molecule has 116 valence electrons. The molecule has 0 aromatic heterocycles. The number of aliphatic carboxylic acids is 1. The zero-order chi connectivity index (χ0) is 16.4. The summed E-state index contributed by atoms with van der Waals surface area (Å²) in [7, 11) is -4.01. The van der Waals surface area contributed by atoms with Crippen molar-refractivity contribution in [3.8, 4) is 0 Å². The van der Waals surface area contributed by atoms with Crippen LogP contribution in [0.5, 0.6) is 0 Å². The third-order valence-electron chi connectivity index (χ3n) is 2.86. The van der Waals surface area contributed by atoms with Crippen LogP contribution in [0.1, 0.15) is 38.1 Å². The van der Waals surface area contributed by atoms with Crippen LogP contribution in [-0.2, 0) is 14.8 Å². The average Bonchev–Trinajstić information content (AvgIpc) is 2.34. The Balaban J connectivity index is 3.39. The molecule has 1 aromatic rings. The molecule has 0 heterocycles. The van der Waals surface area contributed by atoms with Crippen molar-refractivity contribution in [1.82, 2.24) is 4.31 Å². The lowest BCUT2D eigenvalue weighted by atomic mass is 10.1. The number of carboxylic acid groups (broad SMARTS) is 1. The van der Waals surface area contributed by atoms with Gasteiger partial charge >= 0.3 is 5.97 Å². The van der Waals surface area contributed by atoms with E-state index in [9.17, 15) is 18.0 Å². The van der Waals surface area contributed by atoms with Crippen LogP contribution in [0.4, 0.5) is 0 Å². The molecule has 0 aliphatic carbocycles. The fraction of sp³-hybridized carbons (Fsp3) is 0.429. The van der Waals surface area contributed by atoms with Crippen molar-refractivity contribution in [2.24, 2.45) is 0 Å². The number of benzene rings is 1. The van der Waals surface area contributed by atoms with Crippen LogP contribution in [0.3, 0.4) is 0 Å². The number of Topliss-reactive ketones (excluding diaryl/α,β-unsaturated/α-hetero) is 1. The zero-order valence-electron chi connectivity index (χ0n) is 12.5. The Hall–Kier alpha value is -1.73. The van der Waals surface area contributed by atoms with Crippen LogP contribution in [0.25, 0.3) is 0 Å². The van der Waals surface area contributed by atoms with E-state index in [4.69, 9.17) is 5.11 Å². The predicted molar refractivity (Wildman–Crippen MR) is 77.7 cm³/mol. The second kappa shape index (κ2) is 5.95. The maximum absolute atomic E-state index is 12.6. The van der Waals surface area contributed by atoms with E-state index in [2.05, 4.69) is 0 Å². The van der Waals surface area contributed by atoms with Crippen LogP contribution >= 0.6 is 0 Å². The Labute approximate surface area is 124 Å². The molecule has 0 amide bonds. The van der Waals surface area contributed by atoms with Gasteiger partial charge in [0, 0.05) is 11.1 Å². The summed E-state index contributed by atoms with van der Waals surface area (Å²) in [6, 6.07) is 5.59. The standard InChI is InChI=1S/C14H19NO5S/c1-10(16)11-6-5-7-12(8-11)21(19,20)15(9-13(17)18)14(2,3)4/h5-8H,9H2,1-4H3,(H,17,18). The third kappa shape index (κ3) is 4.12. The minimum absolute atomic E-state index is 0.0913. The number of hydrogen-bond donors (Lipinski definition) is 1. The molecule has 6 nitrogen and oxygen atoms in total. The highest BCUT2D eigenvalue weighted by atomic mass is 32.2. The maximum Gasteiger partial charge on any atom is 0.318 e.